The number of hydrazone groups is 1. The highest BCUT2D eigenvalue weighted by Crippen LogP contribution is 2.32. The molecule has 3 aromatic carbocycles. The molecule has 2 heterocycles. The van der Waals surface area contributed by atoms with Gasteiger partial charge in [0.2, 0.25) is 0 Å². The Morgan fingerprint density at radius 2 is 1.79 bits per heavy atom. The van der Waals surface area contributed by atoms with Gasteiger partial charge in [-0.05, 0) is 36.2 Å². The number of aryl methyl sites for hydroxylation is 1. The quantitative estimate of drug-likeness (QED) is 0.480. The summed E-state index contributed by atoms with van der Waals surface area (Å²) in [6.07, 6.45) is -0.614. The Morgan fingerprint density at radius 1 is 1.06 bits per heavy atom. The summed E-state index contributed by atoms with van der Waals surface area (Å²) in [5, 5.41) is 22.1. The number of nitro groups is 1. The molecule has 1 atom stereocenters. The minimum absolute atomic E-state index is 0.00612. The third-order valence-electron chi connectivity index (χ3n) is 5.41. The lowest BCUT2D eigenvalue weighted by Gasteiger charge is -2.34. The number of carbonyl (C=O) groups is 1. The van der Waals surface area contributed by atoms with Crippen molar-refractivity contribution in [3.8, 4) is 0 Å². The molecule has 5 rings (SSSR count). The number of nitro benzene ring substituents is 1. The monoisotopic (exact) mass is 457 g/mol. The zero-order chi connectivity index (χ0) is 22.9. The van der Waals surface area contributed by atoms with Gasteiger partial charge in [-0.15, -0.1) is 5.10 Å². The summed E-state index contributed by atoms with van der Waals surface area (Å²) < 4.78 is 0. The highest BCUT2D eigenvalue weighted by molar-refractivity contribution is 8.13. The number of thioether (sulfide) groups is 1. The van der Waals surface area contributed by atoms with Crippen LogP contribution in [0.5, 0.6) is 0 Å². The minimum Gasteiger partial charge on any atom is -0.298 e. The molecular formula is C24H19N5O3S. The van der Waals surface area contributed by atoms with Gasteiger partial charge in [0.25, 0.3) is 11.6 Å². The topological polar surface area (TPSA) is 100 Å². The van der Waals surface area contributed by atoms with Crippen LogP contribution in [0, 0.1) is 17.0 Å². The fourth-order valence-electron chi connectivity index (χ4n) is 3.71. The van der Waals surface area contributed by atoms with Gasteiger partial charge < -0.3 is 0 Å². The molecule has 33 heavy (non-hydrogen) atoms. The third kappa shape index (κ3) is 4.10. The van der Waals surface area contributed by atoms with Crippen LogP contribution in [0.25, 0.3) is 5.70 Å². The molecule has 0 fully saturated rings. The van der Waals surface area contributed by atoms with Gasteiger partial charge in [0.15, 0.2) is 11.3 Å². The van der Waals surface area contributed by atoms with Crippen molar-refractivity contribution in [2.24, 2.45) is 10.1 Å². The zero-order valence-corrected chi connectivity index (χ0v) is 18.5. The van der Waals surface area contributed by atoms with Crippen molar-refractivity contribution >= 4 is 34.2 Å². The average molecular weight is 458 g/mol. The first-order valence-corrected chi connectivity index (χ1v) is 11.3. The molecular weight excluding hydrogens is 438 g/mol. The number of benzene rings is 3. The minimum atomic E-state index is -0.614. The number of hydrogen-bond acceptors (Lipinski definition) is 7. The first-order valence-electron chi connectivity index (χ1n) is 10.3. The number of hydrogen-bond donors (Lipinski definition) is 1. The van der Waals surface area contributed by atoms with Crippen LogP contribution in [0.2, 0.25) is 0 Å². The molecule has 0 bridgehead atoms. The largest absolute Gasteiger partial charge is 0.298 e. The highest BCUT2D eigenvalue weighted by atomic mass is 32.2. The fourth-order valence-corrected chi connectivity index (χ4v) is 4.52. The molecule has 164 valence electrons. The van der Waals surface area contributed by atoms with Crippen molar-refractivity contribution in [1.29, 1.82) is 0 Å². The summed E-state index contributed by atoms with van der Waals surface area (Å²) in [7, 11) is 0. The van der Waals surface area contributed by atoms with Gasteiger partial charge in [-0.3, -0.25) is 25.2 Å². The van der Waals surface area contributed by atoms with Gasteiger partial charge in [0.05, 0.1) is 10.3 Å². The van der Waals surface area contributed by atoms with Gasteiger partial charge in [0, 0.05) is 23.1 Å². The van der Waals surface area contributed by atoms with Crippen LogP contribution in [-0.4, -0.2) is 21.0 Å². The first kappa shape index (κ1) is 20.9. The number of nitrogens with zero attached hydrogens (tertiary/aromatic N) is 4. The molecule has 3 aromatic rings. The van der Waals surface area contributed by atoms with Crippen molar-refractivity contribution < 1.29 is 9.72 Å². The molecule has 0 spiro atoms. The number of fused-ring (bicyclic) bond motifs is 2. The maximum atomic E-state index is 13.2. The van der Waals surface area contributed by atoms with E-state index in [2.05, 4.69) is 17.4 Å². The highest BCUT2D eigenvalue weighted by Gasteiger charge is 2.34. The Balaban J connectivity index is 1.54. The molecule has 2 aliphatic heterocycles. The predicted octanol–water partition coefficient (Wildman–Crippen LogP) is 2.98. The predicted molar refractivity (Wildman–Crippen MR) is 126 cm³/mol. The molecule has 1 amide bonds. The van der Waals surface area contributed by atoms with Crippen LogP contribution in [0.4, 0.5) is 5.69 Å². The molecule has 9 heteroatoms. The van der Waals surface area contributed by atoms with Gasteiger partial charge >= 0.3 is 0 Å². The van der Waals surface area contributed by atoms with E-state index in [1.54, 1.807) is 17.1 Å². The van der Waals surface area contributed by atoms with Crippen molar-refractivity contribution in [2.75, 3.05) is 0 Å². The van der Waals surface area contributed by atoms with Crippen LogP contribution in [0.3, 0.4) is 0 Å². The fraction of sp³-hybridized carbons (Fsp3) is 0.125. The SMILES string of the molecule is Cc1ccc(CSC2=NN3C(=c4ccccc4=NC3c3ccc([N+](=O)[O-])cc3)C(=O)N2)cc1. The van der Waals surface area contributed by atoms with E-state index in [4.69, 9.17) is 10.1 Å². The summed E-state index contributed by atoms with van der Waals surface area (Å²) in [6, 6.07) is 21.8. The van der Waals surface area contributed by atoms with E-state index in [9.17, 15) is 14.9 Å². The van der Waals surface area contributed by atoms with Crippen molar-refractivity contribution in [1.82, 2.24) is 10.3 Å². The Labute approximate surface area is 193 Å². The van der Waals surface area contributed by atoms with E-state index >= 15 is 0 Å². The van der Waals surface area contributed by atoms with Crippen LogP contribution < -0.4 is 15.9 Å². The number of amides is 1. The Bertz CT molecular complexity index is 1400. The van der Waals surface area contributed by atoms with Crippen LogP contribution in [0.15, 0.2) is 82.9 Å². The maximum Gasteiger partial charge on any atom is 0.276 e. The molecule has 0 radical (unpaired) electrons. The first-order chi connectivity index (χ1) is 16.0. The molecule has 1 N–H and O–H groups in total. The second kappa shape index (κ2) is 8.51. The molecule has 2 aliphatic rings. The standard InChI is InChI=1S/C24H19N5O3S/c1-15-6-8-16(9-7-15)14-33-24-26-23(30)21-19-4-2-3-5-20(19)25-22(28(21)27-24)17-10-12-18(13-11-17)29(31)32/h2-13,22H,14H2,1H3,(H,26,27,30). The Kier molecular flexibility index (Phi) is 5.39. The Hall–Kier alpha value is -3.98. The normalized spacial score (nSPS) is 16.8. The molecule has 0 saturated heterocycles. The van der Waals surface area contributed by atoms with E-state index < -0.39 is 11.1 Å². The van der Waals surface area contributed by atoms with E-state index in [1.807, 2.05) is 43.3 Å². The zero-order valence-electron chi connectivity index (χ0n) is 17.6. The summed E-state index contributed by atoms with van der Waals surface area (Å²) in [4.78, 5) is 28.6. The van der Waals surface area contributed by atoms with E-state index in [-0.39, 0.29) is 11.6 Å². The van der Waals surface area contributed by atoms with Crippen molar-refractivity contribution in [3.63, 3.8) is 0 Å². The molecule has 0 aromatic heterocycles. The van der Waals surface area contributed by atoms with Gasteiger partial charge in [-0.1, -0.05) is 59.8 Å². The van der Waals surface area contributed by atoms with E-state index in [1.165, 1.54) is 29.5 Å². The number of nitrogens with one attached hydrogen (secondary N) is 1. The number of non-ortho nitro benzene ring substituents is 1. The van der Waals surface area contributed by atoms with Crippen LogP contribution in [-0.2, 0) is 10.5 Å². The maximum absolute atomic E-state index is 13.2. The van der Waals surface area contributed by atoms with E-state index in [0.29, 0.717) is 32.8 Å². The number of carbonyl (C=O) groups excluding carboxylic acids is 1. The van der Waals surface area contributed by atoms with Gasteiger partial charge in [0.1, 0.15) is 5.70 Å². The lowest BCUT2D eigenvalue weighted by molar-refractivity contribution is -0.384. The molecule has 8 nitrogen and oxygen atoms in total. The summed E-state index contributed by atoms with van der Waals surface area (Å²) in [6.45, 7) is 2.04. The number of amidine groups is 1. The number of para-hydroxylation sites is 1. The molecule has 0 aliphatic carbocycles. The second-order valence-corrected chi connectivity index (χ2v) is 8.66. The number of rotatable bonds is 4. The summed E-state index contributed by atoms with van der Waals surface area (Å²) in [5.74, 6) is 0.393. The van der Waals surface area contributed by atoms with Crippen LogP contribution in [0.1, 0.15) is 22.9 Å². The second-order valence-electron chi connectivity index (χ2n) is 7.70. The van der Waals surface area contributed by atoms with E-state index in [0.717, 1.165) is 5.56 Å². The van der Waals surface area contributed by atoms with Crippen LogP contribution >= 0.6 is 11.8 Å². The van der Waals surface area contributed by atoms with Crippen molar-refractivity contribution in [3.05, 3.63) is 110 Å². The summed E-state index contributed by atoms with van der Waals surface area (Å²) in [5.41, 5.74) is 3.41. The van der Waals surface area contributed by atoms with Gasteiger partial charge in [-0.25, -0.2) is 5.01 Å². The smallest absolute Gasteiger partial charge is 0.276 e. The third-order valence-corrected chi connectivity index (χ3v) is 6.35. The molecule has 0 saturated carbocycles. The van der Waals surface area contributed by atoms with Crippen molar-refractivity contribution in [2.45, 2.75) is 18.8 Å². The molecule has 1 unspecified atom stereocenters. The average Bonchev–Trinajstić information content (AvgIpc) is 2.83. The summed E-state index contributed by atoms with van der Waals surface area (Å²) >= 11 is 1.43. The lowest BCUT2D eigenvalue weighted by Crippen LogP contribution is -2.50. The lowest BCUT2D eigenvalue weighted by atomic mass is 10.1. The van der Waals surface area contributed by atoms with Gasteiger partial charge in [-0.2, -0.15) is 0 Å². The Morgan fingerprint density at radius 3 is 2.52 bits per heavy atom.